The van der Waals surface area contributed by atoms with Crippen molar-refractivity contribution in [2.45, 2.75) is 110 Å². The molecule has 0 spiro atoms. The van der Waals surface area contributed by atoms with E-state index in [-0.39, 0.29) is 28.0 Å². The van der Waals surface area contributed by atoms with Gasteiger partial charge in [0.15, 0.2) is 22.5 Å². The fraction of sp³-hybridized carbons (Fsp3) is 0.833. The van der Waals surface area contributed by atoms with Crippen LogP contribution < -0.4 is 11.1 Å². The smallest absolute Gasteiger partial charge is 0.351 e. The molecule has 8 nitrogen and oxygen atoms in total. The molecule has 0 unspecified atom stereocenters. The first-order valence-corrected chi connectivity index (χ1v) is 18.1. The lowest BCUT2D eigenvalue weighted by atomic mass is 10.2. The molecule has 10 heteroatoms. The molecule has 1 aromatic heterocycles. The fourth-order valence-corrected chi connectivity index (χ4v) is 5.68. The zero-order chi connectivity index (χ0) is 26.3. The highest BCUT2D eigenvalue weighted by Crippen LogP contribution is 2.42. The van der Waals surface area contributed by atoms with E-state index in [1.165, 1.54) is 0 Å². The van der Waals surface area contributed by atoms with Gasteiger partial charge in [0, 0.05) is 32.3 Å². The lowest BCUT2D eigenvalue weighted by Crippen LogP contribution is -2.48. The zero-order valence-electron chi connectivity index (χ0n) is 23.7. The Morgan fingerprint density at radius 2 is 1.68 bits per heavy atom. The van der Waals surface area contributed by atoms with E-state index in [9.17, 15) is 4.79 Å². The van der Waals surface area contributed by atoms with Crippen LogP contribution in [-0.4, -0.2) is 64.1 Å². The zero-order valence-corrected chi connectivity index (χ0v) is 25.7. The number of rotatable bonds is 8. The van der Waals surface area contributed by atoms with Crippen LogP contribution in [0.25, 0.3) is 0 Å². The van der Waals surface area contributed by atoms with Crippen molar-refractivity contribution in [1.29, 1.82) is 0 Å². The van der Waals surface area contributed by atoms with Gasteiger partial charge in [-0.1, -0.05) is 41.5 Å². The van der Waals surface area contributed by atoms with Crippen LogP contribution in [0.3, 0.4) is 0 Å². The molecule has 1 aliphatic heterocycles. The summed E-state index contributed by atoms with van der Waals surface area (Å²) in [6, 6.07) is 0. The van der Waals surface area contributed by atoms with Crippen molar-refractivity contribution in [3.05, 3.63) is 22.2 Å². The number of hydrogen-bond donors (Lipinski definition) is 1. The highest BCUT2D eigenvalue weighted by Gasteiger charge is 2.46. The second kappa shape index (κ2) is 10.1. The van der Waals surface area contributed by atoms with Crippen molar-refractivity contribution in [2.24, 2.45) is 0 Å². The molecule has 34 heavy (non-hydrogen) atoms. The summed E-state index contributed by atoms with van der Waals surface area (Å²) in [7, 11) is -0.281. The summed E-state index contributed by atoms with van der Waals surface area (Å²) in [6.45, 7) is 24.8. The number of nitrogens with zero attached hydrogens (tertiary/aromatic N) is 3. The summed E-state index contributed by atoms with van der Waals surface area (Å²) in [4.78, 5) is 17.2. The predicted octanol–water partition coefficient (Wildman–Crippen LogP) is 5.14. The van der Waals surface area contributed by atoms with Crippen LogP contribution in [0.15, 0.2) is 11.0 Å². The average Bonchev–Trinajstić information content (AvgIpc) is 3.02. The molecule has 2 rings (SSSR count). The minimum atomic E-state index is -2.05. The summed E-state index contributed by atoms with van der Waals surface area (Å²) in [5.74, 6) is 0.552. The standard InChI is InChI=1S/C24H48N4O4Si2/c1-17-15-28(22(29)25-21(17)26-27(8)9)20-14-18(32-34(12,13)24(5,6)7)19(31-20)16-30-33(10,11)23(2,3)4/h15,18-20H,14,16H2,1-13H3,(H,25,26,29)/t18-,19+,20+/m0/s1. The van der Waals surface area contributed by atoms with Crippen molar-refractivity contribution in [3.63, 3.8) is 0 Å². The average molecular weight is 513 g/mol. The van der Waals surface area contributed by atoms with Crippen molar-refractivity contribution >= 4 is 22.5 Å². The number of hydrogen-bond acceptors (Lipinski definition) is 7. The number of aryl methyl sites for hydroxylation is 1. The van der Waals surface area contributed by atoms with Crippen LogP contribution in [0.5, 0.6) is 0 Å². The molecule has 0 amide bonds. The summed E-state index contributed by atoms with van der Waals surface area (Å²) >= 11 is 0. The van der Waals surface area contributed by atoms with Crippen LogP contribution >= 0.6 is 0 Å². The third-order valence-corrected chi connectivity index (χ3v) is 16.6. The Morgan fingerprint density at radius 3 is 2.18 bits per heavy atom. The highest BCUT2D eigenvalue weighted by atomic mass is 28.4. The second-order valence-corrected chi connectivity index (χ2v) is 22.4. The molecule has 196 valence electrons. The number of hydrazine groups is 1. The van der Waals surface area contributed by atoms with Crippen molar-refractivity contribution in [1.82, 2.24) is 14.6 Å². The highest BCUT2D eigenvalue weighted by molar-refractivity contribution is 6.74. The van der Waals surface area contributed by atoms with E-state index < -0.39 is 22.9 Å². The molecule has 1 fully saturated rings. The second-order valence-electron chi connectivity index (χ2n) is 12.8. The lowest BCUT2D eigenvalue weighted by molar-refractivity contribution is -0.0412. The van der Waals surface area contributed by atoms with Gasteiger partial charge in [-0.25, -0.2) is 9.80 Å². The molecule has 0 bridgehead atoms. The fourth-order valence-electron chi connectivity index (χ4n) is 3.31. The maximum absolute atomic E-state index is 12.9. The van der Waals surface area contributed by atoms with Crippen LogP contribution in [0.1, 0.15) is 59.8 Å². The molecular formula is C24H48N4O4Si2. The van der Waals surface area contributed by atoms with Crippen LogP contribution in [0.4, 0.5) is 5.82 Å². The Balaban J connectivity index is 2.33. The third kappa shape index (κ3) is 6.79. The lowest BCUT2D eigenvalue weighted by Gasteiger charge is -2.40. The summed E-state index contributed by atoms with van der Waals surface area (Å²) in [6.07, 6.45) is 1.61. The Hall–Kier alpha value is -1.05. The maximum Gasteiger partial charge on any atom is 0.351 e. The van der Waals surface area contributed by atoms with Gasteiger partial charge in [-0.3, -0.25) is 4.57 Å². The van der Waals surface area contributed by atoms with Crippen molar-refractivity contribution < 1.29 is 13.6 Å². The molecule has 1 N–H and O–H groups in total. The van der Waals surface area contributed by atoms with Gasteiger partial charge in [-0.2, -0.15) is 4.98 Å². The summed E-state index contributed by atoms with van der Waals surface area (Å²) in [5.41, 5.74) is 3.62. The Morgan fingerprint density at radius 1 is 1.12 bits per heavy atom. The first kappa shape index (κ1) is 29.2. The summed E-state index contributed by atoms with van der Waals surface area (Å²) < 4.78 is 21.4. The summed E-state index contributed by atoms with van der Waals surface area (Å²) in [5, 5.41) is 1.95. The largest absolute Gasteiger partial charge is 0.414 e. The molecular weight excluding hydrogens is 464 g/mol. The number of anilines is 1. The van der Waals surface area contributed by atoms with Crippen molar-refractivity contribution in [2.75, 3.05) is 26.1 Å². The number of nitrogens with one attached hydrogen (secondary N) is 1. The third-order valence-electron chi connectivity index (χ3n) is 7.62. The van der Waals surface area contributed by atoms with Crippen LogP contribution in [-0.2, 0) is 13.6 Å². The molecule has 2 heterocycles. The topological polar surface area (TPSA) is 77.8 Å². The van der Waals surface area contributed by atoms with E-state index in [2.05, 4.69) is 78.1 Å². The van der Waals surface area contributed by atoms with E-state index in [0.717, 1.165) is 5.56 Å². The van der Waals surface area contributed by atoms with Crippen LogP contribution in [0, 0.1) is 6.92 Å². The Bertz CT molecular complexity index is 904. The molecule has 1 aromatic rings. The number of ether oxygens (including phenoxy) is 1. The van der Waals surface area contributed by atoms with E-state index >= 15 is 0 Å². The molecule has 1 aliphatic rings. The van der Waals surface area contributed by atoms with Gasteiger partial charge in [0.1, 0.15) is 12.3 Å². The van der Waals surface area contributed by atoms with Gasteiger partial charge in [0.05, 0.1) is 12.7 Å². The van der Waals surface area contributed by atoms with E-state index in [0.29, 0.717) is 18.8 Å². The molecule has 0 aliphatic carbocycles. The van der Waals surface area contributed by atoms with E-state index in [1.54, 1.807) is 9.58 Å². The minimum Gasteiger partial charge on any atom is -0.414 e. The van der Waals surface area contributed by atoms with Gasteiger partial charge >= 0.3 is 5.69 Å². The Kier molecular flexibility index (Phi) is 8.70. The normalized spacial score (nSPS) is 22.5. The van der Waals surface area contributed by atoms with Gasteiger partial charge in [0.25, 0.3) is 0 Å². The number of aromatic nitrogens is 2. The quantitative estimate of drug-likeness (QED) is 0.382. The molecule has 0 radical (unpaired) electrons. The van der Waals surface area contributed by atoms with Gasteiger partial charge in [-0.05, 0) is 43.2 Å². The Labute approximate surface area is 208 Å². The van der Waals surface area contributed by atoms with E-state index in [1.807, 2.05) is 27.2 Å². The molecule has 0 saturated carbocycles. The monoisotopic (exact) mass is 512 g/mol. The first-order chi connectivity index (χ1) is 15.2. The van der Waals surface area contributed by atoms with Gasteiger partial charge in [-0.15, -0.1) is 0 Å². The molecule has 1 saturated heterocycles. The maximum atomic E-state index is 12.9. The van der Waals surface area contributed by atoms with Crippen molar-refractivity contribution in [3.8, 4) is 0 Å². The van der Waals surface area contributed by atoms with E-state index in [4.69, 9.17) is 13.6 Å². The first-order valence-electron chi connectivity index (χ1n) is 12.3. The SMILES string of the molecule is Cc1cn([C@H]2C[C@H](O[Si](C)(C)C(C)(C)C)[C@@H](CO[Si](C)(C)C(C)(C)C)O2)c(=O)nc1NN(C)C. The molecule has 3 atom stereocenters. The van der Waals surface area contributed by atoms with Gasteiger partial charge < -0.3 is 19.0 Å². The minimum absolute atomic E-state index is 0.0738. The molecule has 0 aromatic carbocycles. The predicted molar refractivity (Wildman–Crippen MR) is 144 cm³/mol. The van der Waals surface area contributed by atoms with Gasteiger partial charge in [0.2, 0.25) is 0 Å². The van der Waals surface area contributed by atoms with Crippen LogP contribution in [0.2, 0.25) is 36.3 Å².